The van der Waals surface area contributed by atoms with Gasteiger partial charge in [0, 0.05) is 16.6 Å². The molecule has 0 aliphatic heterocycles. The Balaban J connectivity index is 1.67. The summed E-state index contributed by atoms with van der Waals surface area (Å²) in [6, 6.07) is 11.7. The van der Waals surface area contributed by atoms with Crippen LogP contribution in [0.1, 0.15) is 37.4 Å². The molecule has 0 amide bonds. The number of benzene rings is 3. The summed E-state index contributed by atoms with van der Waals surface area (Å²) in [5.41, 5.74) is -2.61. The average molecular weight is 520 g/mol. The topological polar surface area (TPSA) is 70.3 Å². The first-order valence-corrected chi connectivity index (χ1v) is 11.5. The van der Waals surface area contributed by atoms with Crippen LogP contribution in [0.5, 0.6) is 5.75 Å². The molecule has 1 aromatic heterocycles. The van der Waals surface area contributed by atoms with Crippen LogP contribution in [0.25, 0.3) is 16.6 Å². The van der Waals surface area contributed by atoms with Gasteiger partial charge in [-0.1, -0.05) is 37.6 Å². The van der Waals surface area contributed by atoms with E-state index in [1.54, 1.807) is 22.9 Å². The van der Waals surface area contributed by atoms with E-state index >= 15 is 0 Å². The fraction of sp³-hybridized carbons (Fsp3) is 0.269. The van der Waals surface area contributed by atoms with Gasteiger partial charge in [-0.05, 0) is 59.9 Å². The van der Waals surface area contributed by atoms with E-state index in [0.717, 1.165) is 0 Å². The molecular weight excluding hydrogens is 498 g/mol. The van der Waals surface area contributed by atoms with Crippen molar-refractivity contribution in [3.8, 4) is 11.4 Å². The van der Waals surface area contributed by atoms with E-state index in [9.17, 15) is 27.8 Å². The van der Waals surface area contributed by atoms with Crippen molar-refractivity contribution in [1.29, 1.82) is 0 Å². The standard InChI is InChI=1S/C26H22ClF4N3O2/c1-24(2)13-25(36,26(29,30)31)23(16-10-11-18(27)22(35)21(16)24)33-19-4-3-5-20-17(19)12-32-34(20)15-8-6-14(28)7-9-15/h3-12,23,33,35-36H,13H2,1-2H3. The van der Waals surface area contributed by atoms with E-state index in [4.69, 9.17) is 11.6 Å². The number of alkyl halides is 3. The minimum Gasteiger partial charge on any atom is -0.506 e. The Bertz CT molecular complexity index is 1470. The minimum absolute atomic E-state index is 0.0145. The maximum Gasteiger partial charge on any atom is 0.419 e. The number of fused-ring (bicyclic) bond motifs is 2. The van der Waals surface area contributed by atoms with E-state index in [0.29, 0.717) is 22.3 Å². The molecule has 1 aliphatic rings. The third kappa shape index (κ3) is 3.69. The highest BCUT2D eigenvalue weighted by atomic mass is 35.5. The summed E-state index contributed by atoms with van der Waals surface area (Å²) in [6.45, 7) is 3.06. The van der Waals surface area contributed by atoms with Crippen molar-refractivity contribution >= 4 is 28.2 Å². The number of nitrogens with zero attached hydrogens (tertiary/aromatic N) is 2. The van der Waals surface area contributed by atoms with Crippen LogP contribution in [0, 0.1) is 5.82 Å². The van der Waals surface area contributed by atoms with Crippen LogP contribution in [0.15, 0.2) is 60.8 Å². The summed E-state index contributed by atoms with van der Waals surface area (Å²) in [4.78, 5) is 0. The van der Waals surface area contributed by atoms with Crippen LogP contribution < -0.4 is 5.32 Å². The SMILES string of the molecule is CC1(C)CC(O)(C(F)(F)F)C(Nc2cccc3c2cnn3-c2ccc(F)cc2)c2ccc(Cl)c(O)c21. The molecule has 1 aliphatic carbocycles. The van der Waals surface area contributed by atoms with Crippen molar-refractivity contribution in [2.75, 3.05) is 5.32 Å². The minimum atomic E-state index is -4.99. The highest BCUT2D eigenvalue weighted by Gasteiger charge is 2.64. The number of aromatic hydroxyl groups is 1. The number of aliphatic hydroxyl groups is 1. The highest BCUT2D eigenvalue weighted by Crippen LogP contribution is 2.57. The first-order valence-electron chi connectivity index (χ1n) is 11.1. The molecule has 0 fully saturated rings. The van der Waals surface area contributed by atoms with Crippen molar-refractivity contribution in [3.63, 3.8) is 0 Å². The summed E-state index contributed by atoms with van der Waals surface area (Å²) >= 11 is 6.10. The fourth-order valence-electron chi connectivity index (χ4n) is 5.24. The first kappa shape index (κ1) is 24.4. The van der Waals surface area contributed by atoms with Gasteiger partial charge in [-0.3, -0.25) is 0 Å². The predicted molar refractivity (Wildman–Crippen MR) is 129 cm³/mol. The van der Waals surface area contributed by atoms with Crippen LogP contribution in [0.4, 0.5) is 23.2 Å². The lowest BCUT2D eigenvalue weighted by atomic mass is 9.63. The second-order valence-corrected chi connectivity index (χ2v) is 10.1. The van der Waals surface area contributed by atoms with Crippen LogP contribution in [-0.2, 0) is 5.41 Å². The molecule has 1 heterocycles. The first-order chi connectivity index (χ1) is 16.8. The maximum atomic E-state index is 14.4. The van der Waals surface area contributed by atoms with Gasteiger partial charge in [-0.25, -0.2) is 9.07 Å². The van der Waals surface area contributed by atoms with E-state index in [1.807, 2.05) is 0 Å². The van der Waals surface area contributed by atoms with Gasteiger partial charge in [0.25, 0.3) is 0 Å². The van der Waals surface area contributed by atoms with Crippen molar-refractivity contribution in [2.45, 2.75) is 43.5 Å². The van der Waals surface area contributed by atoms with Crippen LogP contribution >= 0.6 is 11.6 Å². The molecule has 5 nitrogen and oxygen atoms in total. The zero-order valence-corrected chi connectivity index (χ0v) is 20.0. The van der Waals surface area contributed by atoms with E-state index in [2.05, 4.69) is 10.4 Å². The van der Waals surface area contributed by atoms with Crippen molar-refractivity contribution < 1.29 is 27.8 Å². The third-order valence-electron chi connectivity index (χ3n) is 6.81. The van der Waals surface area contributed by atoms with Gasteiger partial charge in [-0.15, -0.1) is 0 Å². The monoisotopic (exact) mass is 519 g/mol. The molecule has 36 heavy (non-hydrogen) atoms. The third-order valence-corrected chi connectivity index (χ3v) is 7.12. The summed E-state index contributed by atoms with van der Waals surface area (Å²) in [5.74, 6) is -0.719. The molecule has 0 bridgehead atoms. The van der Waals surface area contributed by atoms with Gasteiger partial charge in [0.15, 0.2) is 5.60 Å². The van der Waals surface area contributed by atoms with E-state index in [1.165, 1.54) is 56.4 Å². The lowest BCUT2D eigenvalue weighted by Gasteiger charge is -2.49. The Morgan fingerprint density at radius 3 is 2.44 bits per heavy atom. The summed E-state index contributed by atoms with van der Waals surface area (Å²) in [5, 5.41) is 29.6. The maximum absolute atomic E-state index is 14.4. The molecule has 188 valence electrons. The van der Waals surface area contributed by atoms with Crippen molar-refractivity contribution in [3.05, 3.63) is 82.8 Å². The molecule has 0 radical (unpaired) electrons. The van der Waals surface area contributed by atoms with E-state index < -0.39 is 35.5 Å². The molecule has 10 heteroatoms. The number of aromatic nitrogens is 2. The lowest BCUT2D eigenvalue weighted by Crippen LogP contribution is -2.58. The number of phenolic OH excluding ortho intramolecular Hbond substituents is 1. The number of phenols is 1. The molecule has 3 N–H and O–H groups in total. The largest absolute Gasteiger partial charge is 0.506 e. The normalized spacial score (nSPS) is 21.4. The summed E-state index contributed by atoms with van der Waals surface area (Å²) < 4.78 is 58.3. The molecule has 2 atom stereocenters. The molecule has 3 aromatic carbocycles. The van der Waals surface area contributed by atoms with Gasteiger partial charge < -0.3 is 15.5 Å². The second-order valence-electron chi connectivity index (χ2n) is 9.69. The van der Waals surface area contributed by atoms with Gasteiger partial charge in [0.1, 0.15) is 11.6 Å². The van der Waals surface area contributed by atoms with E-state index in [-0.39, 0.29) is 21.9 Å². The zero-order chi connectivity index (χ0) is 26.0. The molecule has 5 rings (SSSR count). The smallest absolute Gasteiger partial charge is 0.419 e. The molecule has 0 saturated heterocycles. The summed E-state index contributed by atoms with van der Waals surface area (Å²) in [6.07, 6.45) is -4.20. The highest BCUT2D eigenvalue weighted by molar-refractivity contribution is 6.32. The van der Waals surface area contributed by atoms with Crippen molar-refractivity contribution in [1.82, 2.24) is 9.78 Å². The number of nitrogens with one attached hydrogen (secondary N) is 1. The Morgan fingerprint density at radius 1 is 1.08 bits per heavy atom. The Morgan fingerprint density at radius 2 is 1.78 bits per heavy atom. The van der Waals surface area contributed by atoms with Crippen LogP contribution in [0.2, 0.25) is 5.02 Å². The summed E-state index contributed by atoms with van der Waals surface area (Å²) in [7, 11) is 0. The number of halogens is 5. The number of hydrogen-bond donors (Lipinski definition) is 3. The van der Waals surface area contributed by atoms with Gasteiger partial charge >= 0.3 is 6.18 Å². The predicted octanol–water partition coefficient (Wildman–Crippen LogP) is 6.65. The second kappa shape index (κ2) is 8.11. The van der Waals surface area contributed by atoms with Gasteiger partial charge in [0.2, 0.25) is 0 Å². The zero-order valence-electron chi connectivity index (χ0n) is 19.2. The molecule has 2 unspecified atom stereocenters. The number of rotatable bonds is 3. The lowest BCUT2D eigenvalue weighted by molar-refractivity contribution is -0.275. The molecule has 0 spiro atoms. The average Bonchev–Trinajstić information content (AvgIpc) is 3.23. The molecule has 0 saturated carbocycles. The van der Waals surface area contributed by atoms with Crippen LogP contribution in [0.3, 0.4) is 0 Å². The fourth-order valence-corrected chi connectivity index (χ4v) is 5.39. The molecular formula is C26H22ClF4N3O2. The molecule has 4 aromatic rings. The van der Waals surface area contributed by atoms with Crippen molar-refractivity contribution in [2.24, 2.45) is 0 Å². The Hall–Kier alpha value is -3.30. The van der Waals surface area contributed by atoms with Gasteiger partial charge in [0.05, 0.1) is 28.5 Å². The Kier molecular flexibility index (Phi) is 5.50. The number of hydrogen-bond acceptors (Lipinski definition) is 4. The van der Waals surface area contributed by atoms with Gasteiger partial charge in [-0.2, -0.15) is 18.3 Å². The van der Waals surface area contributed by atoms with Crippen LogP contribution in [-0.4, -0.2) is 31.8 Å². The number of anilines is 1. The quantitative estimate of drug-likeness (QED) is 0.265. The Labute approximate surface area is 208 Å².